The van der Waals surface area contributed by atoms with Crippen molar-refractivity contribution >= 4 is 17.0 Å². The fraction of sp³-hybridized carbons (Fsp3) is 0.400. The van der Waals surface area contributed by atoms with Gasteiger partial charge in [-0.2, -0.15) is 0 Å². The average Bonchev–Trinajstić information content (AvgIpc) is 2.72. The first-order chi connectivity index (χ1) is 8.61. The Morgan fingerprint density at radius 1 is 1.22 bits per heavy atom. The van der Waals surface area contributed by atoms with Gasteiger partial charge in [0.25, 0.3) is 0 Å². The summed E-state index contributed by atoms with van der Waals surface area (Å²) >= 11 is 1.72. The summed E-state index contributed by atoms with van der Waals surface area (Å²) in [7, 11) is 0. The van der Waals surface area contributed by atoms with E-state index in [1.54, 1.807) is 11.3 Å². The topological polar surface area (TPSA) is 17.3 Å². The molecular formula is C15H20N2S. The van der Waals surface area contributed by atoms with Gasteiger partial charge in [0.05, 0.1) is 5.69 Å². The van der Waals surface area contributed by atoms with E-state index in [9.17, 15) is 0 Å². The standard InChI is InChI=1S/C15H20N2S/c1-5-12(3)17-13(4)10-18-15(17)16-14-8-6-11(2)7-9-14/h6-10,12H,5H2,1-4H3. The molecule has 0 amide bonds. The molecule has 1 aromatic carbocycles. The Kier molecular flexibility index (Phi) is 4.02. The lowest BCUT2D eigenvalue weighted by Gasteiger charge is -2.13. The van der Waals surface area contributed by atoms with Crippen molar-refractivity contribution in [3.63, 3.8) is 0 Å². The number of hydrogen-bond acceptors (Lipinski definition) is 2. The van der Waals surface area contributed by atoms with E-state index in [0.717, 1.165) is 16.9 Å². The zero-order valence-electron chi connectivity index (χ0n) is 11.5. The minimum Gasteiger partial charge on any atom is -0.318 e. The summed E-state index contributed by atoms with van der Waals surface area (Å²) in [5, 5.41) is 2.18. The lowest BCUT2D eigenvalue weighted by atomic mass is 10.2. The number of aromatic nitrogens is 1. The van der Waals surface area contributed by atoms with E-state index in [2.05, 4.69) is 61.9 Å². The minimum atomic E-state index is 0.500. The van der Waals surface area contributed by atoms with Crippen LogP contribution in [0.4, 0.5) is 5.69 Å². The van der Waals surface area contributed by atoms with Crippen LogP contribution in [0.3, 0.4) is 0 Å². The first kappa shape index (κ1) is 13.1. The summed E-state index contributed by atoms with van der Waals surface area (Å²) in [5.74, 6) is 0. The van der Waals surface area contributed by atoms with Crippen molar-refractivity contribution in [2.45, 2.75) is 40.2 Å². The van der Waals surface area contributed by atoms with Crippen LogP contribution in [0.1, 0.15) is 37.6 Å². The number of rotatable bonds is 3. The predicted molar refractivity (Wildman–Crippen MR) is 78.5 cm³/mol. The van der Waals surface area contributed by atoms with E-state index in [-0.39, 0.29) is 0 Å². The minimum absolute atomic E-state index is 0.500. The molecule has 0 saturated carbocycles. The highest BCUT2D eigenvalue weighted by Crippen LogP contribution is 2.15. The lowest BCUT2D eigenvalue weighted by molar-refractivity contribution is 0.508. The quantitative estimate of drug-likeness (QED) is 0.779. The molecule has 0 aliphatic carbocycles. The SMILES string of the molecule is CCC(C)n1c(C)csc1=Nc1ccc(C)cc1. The van der Waals surface area contributed by atoms with Gasteiger partial charge in [0.1, 0.15) is 0 Å². The molecule has 1 unspecified atom stereocenters. The van der Waals surface area contributed by atoms with Crippen LogP contribution in [0, 0.1) is 13.8 Å². The Labute approximate surface area is 113 Å². The highest BCUT2D eigenvalue weighted by atomic mass is 32.1. The van der Waals surface area contributed by atoms with Crippen LogP contribution in [-0.2, 0) is 0 Å². The Bertz CT molecular complexity index is 575. The molecule has 2 nitrogen and oxygen atoms in total. The molecular weight excluding hydrogens is 240 g/mol. The molecule has 1 atom stereocenters. The van der Waals surface area contributed by atoms with Crippen molar-refractivity contribution in [3.05, 3.63) is 45.7 Å². The van der Waals surface area contributed by atoms with Crippen LogP contribution in [0.5, 0.6) is 0 Å². The van der Waals surface area contributed by atoms with Gasteiger partial charge in [0.2, 0.25) is 0 Å². The first-order valence-electron chi connectivity index (χ1n) is 6.40. The van der Waals surface area contributed by atoms with Crippen LogP contribution >= 0.6 is 11.3 Å². The Hall–Kier alpha value is -1.35. The molecule has 2 rings (SSSR count). The molecule has 96 valence electrons. The number of benzene rings is 1. The Balaban J connectivity index is 2.47. The molecule has 0 radical (unpaired) electrons. The molecule has 3 heteroatoms. The van der Waals surface area contributed by atoms with Gasteiger partial charge in [-0.3, -0.25) is 0 Å². The van der Waals surface area contributed by atoms with E-state index in [1.807, 2.05) is 0 Å². The van der Waals surface area contributed by atoms with Gasteiger partial charge in [0.15, 0.2) is 4.80 Å². The van der Waals surface area contributed by atoms with E-state index in [1.165, 1.54) is 11.3 Å². The maximum Gasteiger partial charge on any atom is 0.190 e. The van der Waals surface area contributed by atoms with Crippen molar-refractivity contribution < 1.29 is 0 Å². The molecule has 1 aromatic heterocycles. The number of nitrogens with zero attached hydrogens (tertiary/aromatic N) is 2. The summed E-state index contributed by atoms with van der Waals surface area (Å²) in [4.78, 5) is 5.84. The maximum absolute atomic E-state index is 4.75. The van der Waals surface area contributed by atoms with Gasteiger partial charge in [0, 0.05) is 17.1 Å². The summed E-state index contributed by atoms with van der Waals surface area (Å²) in [6.45, 7) is 8.70. The molecule has 0 spiro atoms. The smallest absolute Gasteiger partial charge is 0.190 e. The van der Waals surface area contributed by atoms with Gasteiger partial charge >= 0.3 is 0 Å². The van der Waals surface area contributed by atoms with Crippen LogP contribution in [0.15, 0.2) is 34.6 Å². The Morgan fingerprint density at radius 2 is 1.89 bits per heavy atom. The van der Waals surface area contributed by atoms with Crippen LogP contribution in [0.25, 0.3) is 0 Å². The average molecular weight is 260 g/mol. The van der Waals surface area contributed by atoms with Gasteiger partial charge in [-0.25, -0.2) is 4.99 Å². The van der Waals surface area contributed by atoms with Crippen molar-refractivity contribution in [3.8, 4) is 0 Å². The molecule has 18 heavy (non-hydrogen) atoms. The molecule has 1 heterocycles. The third kappa shape index (κ3) is 2.72. The van der Waals surface area contributed by atoms with Crippen molar-refractivity contribution in [1.29, 1.82) is 0 Å². The second-order valence-electron chi connectivity index (χ2n) is 4.73. The molecule has 0 fully saturated rings. The Morgan fingerprint density at radius 3 is 2.50 bits per heavy atom. The van der Waals surface area contributed by atoms with Gasteiger partial charge < -0.3 is 4.57 Å². The maximum atomic E-state index is 4.75. The molecule has 0 aliphatic heterocycles. The van der Waals surface area contributed by atoms with E-state index < -0.39 is 0 Å². The molecule has 0 N–H and O–H groups in total. The highest BCUT2D eigenvalue weighted by molar-refractivity contribution is 7.07. The zero-order chi connectivity index (χ0) is 13.1. The van der Waals surface area contributed by atoms with E-state index >= 15 is 0 Å². The first-order valence-corrected chi connectivity index (χ1v) is 7.27. The van der Waals surface area contributed by atoms with Crippen LogP contribution in [-0.4, -0.2) is 4.57 Å². The third-order valence-electron chi connectivity index (χ3n) is 3.21. The van der Waals surface area contributed by atoms with E-state index in [4.69, 9.17) is 4.99 Å². The van der Waals surface area contributed by atoms with Crippen molar-refractivity contribution in [2.24, 2.45) is 4.99 Å². The van der Waals surface area contributed by atoms with Crippen molar-refractivity contribution in [1.82, 2.24) is 4.57 Å². The number of thiazole rings is 1. The van der Waals surface area contributed by atoms with Crippen LogP contribution < -0.4 is 4.80 Å². The summed E-state index contributed by atoms with van der Waals surface area (Å²) in [5.41, 5.74) is 3.59. The summed E-state index contributed by atoms with van der Waals surface area (Å²) < 4.78 is 2.32. The van der Waals surface area contributed by atoms with E-state index in [0.29, 0.717) is 6.04 Å². The fourth-order valence-corrected chi connectivity index (χ4v) is 2.92. The van der Waals surface area contributed by atoms with Gasteiger partial charge in [-0.15, -0.1) is 11.3 Å². The molecule has 2 aromatic rings. The second kappa shape index (κ2) is 5.53. The lowest BCUT2D eigenvalue weighted by Crippen LogP contribution is -2.19. The molecule has 0 bridgehead atoms. The predicted octanol–water partition coefficient (Wildman–Crippen LogP) is 4.37. The molecule has 0 saturated heterocycles. The normalized spacial score (nSPS) is 13.9. The van der Waals surface area contributed by atoms with Gasteiger partial charge in [-0.05, 0) is 39.3 Å². The second-order valence-corrected chi connectivity index (χ2v) is 5.57. The number of aryl methyl sites for hydroxylation is 2. The summed E-state index contributed by atoms with van der Waals surface area (Å²) in [6.07, 6.45) is 1.12. The van der Waals surface area contributed by atoms with Crippen molar-refractivity contribution in [2.75, 3.05) is 0 Å². The fourth-order valence-electron chi connectivity index (χ4n) is 1.93. The monoisotopic (exact) mass is 260 g/mol. The number of hydrogen-bond donors (Lipinski definition) is 0. The van der Waals surface area contributed by atoms with Crippen LogP contribution in [0.2, 0.25) is 0 Å². The largest absolute Gasteiger partial charge is 0.318 e. The molecule has 0 aliphatic rings. The summed E-state index contributed by atoms with van der Waals surface area (Å²) in [6, 6.07) is 8.86. The van der Waals surface area contributed by atoms with Gasteiger partial charge in [-0.1, -0.05) is 24.6 Å². The zero-order valence-corrected chi connectivity index (χ0v) is 12.3. The highest BCUT2D eigenvalue weighted by Gasteiger charge is 2.07. The third-order valence-corrected chi connectivity index (χ3v) is 4.17.